The van der Waals surface area contributed by atoms with E-state index in [0.29, 0.717) is 22.7 Å². The predicted octanol–water partition coefficient (Wildman–Crippen LogP) is 5.87. The van der Waals surface area contributed by atoms with Crippen molar-refractivity contribution in [3.05, 3.63) is 137 Å². The van der Waals surface area contributed by atoms with Gasteiger partial charge in [-0.1, -0.05) is 65.4 Å². The normalized spacial score (nSPS) is 15.1. The summed E-state index contributed by atoms with van der Waals surface area (Å²) in [6, 6.07) is 21.3. The summed E-state index contributed by atoms with van der Waals surface area (Å²) in [5.41, 5.74) is 0.504. The third-order valence-electron chi connectivity index (χ3n) is 7.32. The van der Waals surface area contributed by atoms with E-state index in [9.17, 15) is 22.8 Å². The first-order valence-corrected chi connectivity index (χ1v) is 14.9. The summed E-state index contributed by atoms with van der Waals surface area (Å²) in [6.45, 7) is 1.80. The molecule has 0 aliphatic carbocycles. The highest BCUT2D eigenvalue weighted by molar-refractivity contribution is 7.07. The second kappa shape index (κ2) is 11.9. The fraction of sp³-hybridized carbons (Fsp3) is 0.152. The van der Waals surface area contributed by atoms with Gasteiger partial charge in [0.1, 0.15) is 0 Å². The molecule has 6 rings (SSSR count). The summed E-state index contributed by atoms with van der Waals surface area (Å²) in [5, 5.41) is 10.3. The molecule has 3 aromatic carbocycles. The minimum atomic E-state index is -5.00. The molecule has 0 saturated carbocycles. The highest BCUT2D eigenvalue weighted by atomic mass is 35.5. The van der Waals surface area contributed by atoms with Crippen molar-refractivity contribution < 1.29 is 22.7 Å². The molecule has 3 heterocycles. The van der Waals surface area contributed by atoms with Crippen molar-refractivity contribution in [3.8, 4) is 6.07 Å². The van der Waals surface area contributed by atoms with Gasteiger partial charge in [-0.3, -0.25) is 9.36 Å². The summed E-state index contributed by atoms with van der Waals surface area (Å²) in [5.74, 6) is -1.21. The fourth-order valence-electron chi connectivity index (χ4n) is 5.34. The van der Waals surface area contributed by atoms with Gasteiger partial charge in [0.2, 0.25) is 0 Å². The first-order valence-electron chi connectivity index (χ1n) is 13.7. The molecule has 0 amide bonds. The standard InChI is InChI=1S/C33H22ClF3N4O3S/c1-2-44-31(43)27-28(21-11-13-23(34)14-12-21)41-30(42)26(45-32(41)39-29(27)33(35,36)37)15-22-18-40(25-6-4-3-5-24(22)25)17-20-9-7-19(16-38)8-10-20/h3-15,18,28H,2,17H2,1H3/b26-15-/t28-/m1/s1. The SMILES string of the molecule is CCOC(=O)C1=C(C(F)(F)F)N=c2s/c(=C\c3cn(Cc4ccc(C#N)cc4)c4ccccc34)c(=O)n2[C@@H]1c1ccc(Cl)cc1. The molecule has 226 valence electrons. The van der Waals surface area contributed by atoms with Crippen LogP contribution in [0.4, 0.5) is 13.2 Å². The lowest BCUT2D eigenvalue weighted by Gasteiger charge is -2.26. The lowest BCUT2D eigenvalue weighted by atomic mass is 9.95. The summed E-state index contributed by atoms with van der Waals surface area (Å²) < 4.78 is 51.5. The van der Waals surface area contributed by atoms with Crippen LogP contribution in [0.5, 0.6) is 0 Å². The number of hydrogen-bond acceptors (Lipinski definition) is 6. The van der Waals surface area contributed by atoms with Crippen LogP contribution in [0.25, 0.3) is 17.0 Å². The van der Waals surface area contributed by atoms with Crippen LogP contribution >= 0.6 is 22.9 Å². The smallest absolute Gasteiger partial charge is 0.434 e. The maximum absolute atomic E-state index is 14.4. The maximum Gasteiger partial charge on any atom is 0.434 e. The number of nitrogens with zero attached hydrogens (tertiary/aromatic N) is 4. The van der Waals surface area contributed by atoms with E-state index in [4.69, 9.17) is 21.6 Å². The Morgan fingerprint density at radius 1 is 1.11 bits per heavy atom. The van der Waals surface area contributed by atoms with Gasteiger partial charge in [0.15, 0.2) is 10.5 Å². The van der Waals surface area contributed by atoms with Crippen molar-refractivity contribution in [2.24, 2.45) is 4.99 Å². The Balaban J connectivity index is 1.55. The zero-order valence-electron chi connectivity index (χ0n) is 23.5. The summed E-state index contributed by atoms with van der Waals surface area (Å²) in [7, 11) is 0. The van der Waals surface area contributed by atoms with Gasteiger partial charge in [-0.2, -0.15) is 18.4 Å². The Hall–Kier alpha value is -4.92. The summed E-state index contributed by atoms with van der Waals surface area (Å²) in [4.78, 5) is 30.7. The molecule has 12 heteroatoms. The first kappa shape index (κ1) is 30.1. The average molecular weight is 647 g/mol. The van der Waals surface area contributed by atoms with Crippen LogP contribution in [0.15, 0.2) is 100 Å². The zero-order valence-corrected chi connectivity index (χ0v) is 25.1. The Kier molecular flexibility index (Phi) is 7.95. The Morgan fingerprint density at radius 3 is 2.49 bits per heavy atom. The van der Waals surface area contributed by atoms with Crippen molar-refractivity contribution in [2.45, 2.75) is 25.7 Å². The largest absolute Gasteiger partial charge is 0.463 e. The second-order valence-corrected chi connectivity index (χ2v) is 11.6. The minimum absolute atomic E-state index is 0.139. The van der Waals surface area contributed by atoms with Gasteiger partial charge in [-0.25, -0.2) is 9.79 Å². The number of nitriles is 1. The van der Waals surface area contributed by atoms with Crippen molar-refractivity contribution in [1.82, 2.24) is 9.13 Å². The van der Waals surface area contributed by atoms with E-state index in [1.54, 1.807) is 18.2 Å². The molecule has 0 radical (unpaired) electrons. The number of carbonyl (C=O) groups is 1. The lowest BCUT2D eigenvalue weighted by Crippen LogP contribution is -2.41. The number of esters is 1. The van der Waals surface area contributed by atoms with E-state index in [0.717, 1.165) is 32.4 Å². The second-order valence-electron chi connectivity index (χ2n) is 10.2. The van der Waals surface area contributed by atoms with Gasteiger partial charge in [-0.05, 0) is 54.5 Å². The first-order chi connectivity index (χ1) is 21.6. The minimum Gasteiger partial charge on any atom is -0.463 e. The summed E-state index contributed by atoms with van der Waals surface area (Å²) >= 11 is 6.86. The number of carbonyl (C=O) groups excluding carboxylic acids is 1. The van der Waals surface area contributed by atoms with Gasteiger partial charge in [0.05, 0.1) is 34.4 Å². The Morgan fingerprint density at radius 2 is 1.82 bits per heavy atom. The highest BCUT2D eigenvalue weighted by Gasteiger charge is 2.45. The van der Waals surface area contributed by atoms with Gasteiger partial charge < -0.3 is 9.30 Å². The molecular weight excluding hydrogens is 625 g/mol. The molecule has 0 fully saturated rings. The molecule has 0 saturated heterocycles. The van der Waals surface area contributed by atoms with Crippen molar-refractivity contribution >= 4 is 45.9 Å². The molecule has 1 aliphatic heterocycles. The summed E-state index contributed by atoms with van der Waals surface area (Å²) in [6.07, 6.45) is -1.51. The molecule has 1 atom stereocenters. The number of rotatable bonds is 6. The van der Waals surface area contributed by atoms with Crippen LogP contribution in [0.2, 0.25) is 5.02 Å². The predicted molar refractivity (Wildman–Crippen MR) is 164 cm³/mol. The van der Waals surface area contributed by atoms with E-state index in [2.05, 4.69) is 11.1 Å². The third-order valence-corrected chi connectivity index (χ3v) is 8.56. The van der Waals surface area contributed by atoms with E-state index >= 15 is 0 Å². The molecule has 1 aliphatic rings. The lowest BCUT2D eigenvalue weighted by molar-refractivity contribution is -0.140. The number of alkyl halides is 3. The number of benzene rings is 3. The van der Waals surface area contributed by atoms with Gasteiger partial charge in [0.25, 0.3) is 5.56 Å². The fourth-order valence-corrected chi connectivity index (χ4v) is 6.46. The molecular formula is C33H22ClF3N4O3S. The van der Waals surface area contributed by atoms with Crippen molar-refractivity contribution in [3.63, 3.8) is 0 Å². The van der Waals surface area contributed by atoms with Crippen molar-refractivity contribution in [1.29, 1.82) is 5.26 Å². The Labute approximate surface area is 263 Å². The molecule has 7 nitrogen and oxygen atoms in total. The van der Waals surface area contributed by atoms with E-state index in [1.807, 2.05) is 47.2 Å². The van der Waals surface area contributed by atoms with E-state index in [-0.39, 0.29) is 21.5 Å². The number of aromatic nitrogens is 2. The van der Waals surface area contributed by atoms with E-state index < -0.39 is 35.0 Å². The number of hydrogen-bond donors (Lipinski definition) is 0. The number of thiazole rings is 1. The average Bonchev–Trinajstić information content (AvgIpc) is 3.53. The number of halogens is 4. The number of ether oxygens (including phenoxy) is 1. The molecule has 0 bridgehead atoms. The molecule has 0 spiro atoms. The van der Waals surface area contributed by atoms with Gasteiger partial charge >= 0.3 is 12.1 Å². The van der Waals surface area contributed by atoms with Gasteiger partial charge in [-0.15, -0.1) is 0 Å². The van der Waals surface area contributed by atoms with Crippen LogP contribution in [0.1, 0.15) is 35.2 Å². The van der Waals surface area contributed by atoms with Crippen LogP contribution < -0.4 is 14.9 Å². The van der Waals surface area contributed by atoms with Crippen LogP contribution in [0, 0.1) is 11.3 Å². The van der Waals surface area contributed by atoms with Crippen LogP contribution in [0.3, 0.4) is 0 Å². The number of allylic oxidation sites excluding steroid dienone is 1. The Bertz CT molecular complexity index is 2210. The van der Waals surface area contributed by atoms with Gasteiger partial charge in [0, 0.05) is 34.2 Å². The van der Waals surface area contributed by atoms with Crippen LogP contribution in [-0.2, 0) is 16.1 Å². The van der Waals surface area contributed by atoms with Crippen molar-refractivity contribution in [2.75, 3.05) is 6.61 Å². The molecule has 2 aromatic heterocycles. The van der Waals surface area contributed by atoms with E-state index in [1.165, 1.54) is 31.2 Å². The number of para-hydroxylation sites is 1. The van der Waals surface area contributed by atoms with Crippen LogP contribution in [-0.4, -0.2) is 27.9 Å². The third kappa shape index (κ3) is 5.70. The molecule has 0 N–H and O–H groups in total. The zero-order chi connectivity index (χ0) is 31.9. The quantitative estimate of drug-likeness (QED) is 0.216. The molecule has 5 aromatic rings. The number of fused-ring (bicyclic) bond motifs is 2. The molecule has 45 heavy (non-hydrogen) atoms. The monoisotopic (exact) mass is 646 g/mol. The topological polar surface area (TPSA) is 89.4 Å². The maximum atomic E-state index is 14.4. The molecule has 0 unspecified atom stereocenters. The highest BCUT2D eigenvalue weighted by Crippen LogP contribution is 2.38.